The second-order valence-corrected chi connectivity index (χ2v) is 7.41. The summed E-state index contributed by atoms with van der Waals surface area (Å²) >= 11 is 1.90. The summed E-state index contributed by atoms with van der Waals surface area (Å²) in [7, 11) is 0. The van der Waals surface area contributed by atoms with Crippen molar-refractivity contribution < 1.29 is 9.53 Å². The van der Waals surface area contributed by atoms with Gasteiger partial charge in [0.05, 0.1) is 19.1 Å². The first-order valence-electron chi connectivity index (χ1n) is 8.59. The second kappa shape index (κ2) is 8.71. The van der Waals surface area contributed by atoms with Gasteiger partial charge in [-0.05, 0) is 31.5 Å². The molecule has 0 saturated carbocycles. The van der Waals surface area contributed by atoms with E-state index in [1.807, 2.05) is 16.7 Å². The molecule has 2 saturated heterocycles. The van der Waals surface area contributed by atoms with Crippen molar-refractivity contribution in [1.29, 1.82) is 0 Å². The molecule has 1 aromatic rings. The summed E-state index contributed by atoms with van der Waals surface area (Å²) < 4.78 is 5.35. The minimum absolute atomic E-state index is 0.184. The van der Waals surface area contributed by atoms with Crippen LogP contribution in [0.5, 0.6) is 0 Å². The SMILES string of the molecule is O=C([C@H]1CCCN(CCSc2ccccc2)C1)N1CCOCC1. The molecule has 3 rings (SSSR count). The lowest BCUT2D eigenvalue weighted by Crippen LogP contribution is -2.48. The minimum atomic E-state index is 0.184. The number of morpholine rings is 1. The van der Waals surface area contributed by atoms with Gasteiger partial charge in [0.15, 0.2) is 0 Å². The summed E-state index contributed by atoms with van der Waals surface area (Å²) in [4.78, 5) is 18.4. The van der Waals surface area contributed by atoms with Gasteiger partial charge in [0.25, 0.3) is 0 Å². The number of hydrogen-bond acceptors (Lipinski definition) is 4. The van der Waals surface area contributed by atoms with E-state index < -0.39 is 0 Å². The lowest BCUT2D eigenvalue weighted by molar-refractivity contribution is -0.141. The number of benzene rings is 1. The van der Waals surface area contributed by atoms with Crippen molar-refractivity contribution in [3.63, 3.8) is 0 Å². The van der Waals surface area contributed by atoms with Gasteiger partial charge in [0.1, 0.15) is 0 Å². The summed E-state index contributed by atoms with van der Waals surface area (Å²) in [6.07, 6.45) is 2.18. The van der Waals surface area contributed by atoms with Crippen molar-refractivity contribution in [2.75, 3.05) is 51.7 Å². The molecule has 0 aliphatic carbocycles. The summed E-state index contributed by atoms with van der Waals surface area (Å²) in [5.74, 6) is 1.61. The van der Waals surface area contributed by atoms with Gasteiger partial charge < -0.3 is 14.5 Å². The van der Waals surface area contributed by atoms with E-state index in [0.717, 1.165) is 51.3 Å². The molecule has 1 atom stereocenters. The van der Waals surface area contributed by atoms with E-state index >= 15 is 0 Å². The molecule has 0 unspecified atom stereocenters. The molecule has 0 bridgehead atoms. The van der Waals surface area contributed by atoms with Crippen LogP contribution >= 0.6 is 11.8 Å². The first kappa shape index (κ1) is 16.8. The smallest absolute Gasteiger partial charge is 0.227 e. The first-order valence-corrected chi connectivity index (χ1v) is 9.58. The summed E-state index contributed by atoms with van der Waals surface area (Å²) in [6, 6.07) is 10.5. The van der Waals surface area contributed by atoms with Gasteiger partial charge >= 0.3 is 0 Å². The number of thioether (sulfide) groups is 1. The van der Waals surface area contributed by atoms with E-state index in [0.29, 0.717) is 19.1 Å². The molecule has 23 heavy (non-hydrogen) atoms. The number of piperidine rings is 1. The molecule has 0 aromatic heterocycles. The molecule has 2 heterocycles. The molecule has 1 aromatic carbocycles. The summed E-state index contributed by atoms with van der Waals surface area (Å²) in [5, 5.41) is 0. The molecule has 4 nitrogen and oxygen atoms in total. The van der Waals surface area contributed by atoms with E-state index in [4.69, 9.17) is 4.74 Å². The molecular formula is C18H26N2O2S. The summed E-state index contributed by atoms with van der Waals surface area (Å²) in [6.45, 7) is 6.02. The highest BCUT2D eigenvalue weighted by atomic mass is 32.2. The highest BCUT2D eigenvalue weighted by Gasteiger charge is 2.29. The van der Waals surface area contributed by atoms with Crippen molar-refractivity contribution in [2.24, 2.45) is 5.92 Å². The van der Waals surface area contributed by atoms with Crippen molar-refractivity contribution in [3.8, 4) is 0 Å². The van der Waals surface area contributed by atoms with E-state index in [-0.39, 0.29) is 5.92 Å². The number of rotatable bonds is 5. The van der Waals surface area contributed by atoms with Crippen molar-refractivity contribution in [2.45, 2.75) is 17.7 Å². The number of amides is 1. The van der Waals surface area contributed by atoms with Crippen molar-refractivity contribution >= 4 is 17.7 Å². The Morgan fingerprint density at radius 3 is 2.74 bits per heavy atom. The molecule has 2 aliphatic rings. The van der Waals surface area contributed by atoms with Crippen LogP contribution in [0.1, 0.15) is 12.8 Å². The van der Waals surface area contributed by atoms with E-state index in [1.54, 1.807) is 0 Å². The zero-order valence-corrected chi connectivity index (χ0v) is 14.5. The van der Waals surface area contributed by atoms with Crippen LogP contribution in [0.15, 0.2) is 35.2 Å². The molecular weight excluding hydrogens is 308 g/mol. The molecule has 5 heteroatoms. The molecule has 0 radical (unpaired) electrons. The Balaban J connectivity index is 1.43. The molecule has 0 spiro atoms. The Hall–Kier alpha value is -1.04. The predicted molar refractivity (Wildman–Crippen MR) is 93.7 cm³/mol. The lowest BCUT2D eigenvalue weighted by atomic mass is 9.96. The Labute approximate surface area is 143 Å². The highest BCUT2D eigenvalue weighted by molar-refractivity contribution is 7.99. The Morgan fingerprint density at radius 1 is 1.17 bits per heavy atom. The summed E-state index contributed by atoms with van der Waals surface area (Å²) in [5.41, 5.74) is 0. The fourth-order valence-electron chi connectivity index (χ4n) is 3.31. The van der Waals surface area contributed by atoms with E-state index in [9.17, 15) is 4.79 Å². The first-order chi connectivity index (χ1) is 11.3. The standard InChI is InChI=1S/C18H26N2O2S/c21-18(20-9-12-22-13-10-20)16-5-4-8-19(15-16)11-14-23-17-6-2-1-3-7-17/h1-3,6-7,16H,4-5,8-15H2/t16-/m0/s1. The van der Waals surface area contributed by atoms with Crippen LogP contribution in [0.25, 0.3) is 0 Å². The third kappa shape index (κ3) is 4.96. The fourth-order valence-corrected chi connectivity index (χ4v) is 4.25. The minimum Gasteiger partial charge on any atom is -0.378 e. The van der Waals surface area contributed by atoms with Gasteiger partial charge in [0, 0.05) is 36.8 Å². The molecule has 2 fully saturated rings. The highest BCUT2D eigenvalue weighted by Crippen LogP contribution is 2.21. The van der Waals surface area contributed by atoms with Gasteiger partial charge in [0.2, 0.25) is 5.91 Å². The zero-order valence-electron chi connectivity index (χ0n) is 13.7. The van der Waals surface area contributed by atoms with Gasteiger partial charge in [-0.15, -0.1) is 11.8 Å². The molecule has 2 aliphatic heterocycles. The Kier molecular flexibility index (Phi) is 6.37. The van der Waals surface area contributed by atoms with Crippen LogP contribution in [0.4, 0.5) is 0 Å². The number of nitrogens with zero attached hydrogens (tertiary/aromatic N) is 2. The maximum atomic E-state index is 12.6. The topological polar surface area (TPSA) is 32.8 Å². The number of carbonyl (C=O) groups excluding carboxylic acids is 1. The largest absolute Gasteiger partial charge is 0.378 e. The Bertz CT molecular complexity index is 491. The number of likely N-dealkylation sites (tertiary alicyclic amines) is 1. The maximum Gasteiger partial charge on any atom is 0.227 e. The van der Waals surface area contributed by atoms with Crippen LogP contribution in [0.3, 0.4) is 0 Å². The van der Waals surface area contributed by atoms with E-state index in [2.05, 4.69) is 35.2 Å². The number of carbonyl (C=O) groups is 1. The Morgan fingerprint density at radius 2 is 1.96 bits per heavy atom. The van der Waals surface area contributed by atoms with Crippen LogP contribution in [0, 0.1) is 5.92 Å². The van der Waals surface area contributed by atoms with Crippen LogP contribution in [0.2, 0.25) is 0 Å². The number of ether oxygens (including phenoxy) is 1. The third-order valence-electron chi connectivity index (χ3n) is 4.60. The second-order valence-electron chi connectivity index (χ2n) is 6.24. The lowest BCUT2D eigenvalue weighted by Gasteiger charge is -2.36. The molecule has 1 amide bonds. The van der Waals surface area contributed by atoms with E-state index in [1.165, 1.54) is 4.90 Å². The van der Waals surface area contributed by atoms with Gasteiger partial charge in [-0.2, -0.15) is 0 Å². The molecule has 126 valence electrons. The van der Waals surface area contributed by atoms with Crippen LogP contribution < -0.4 is 0 Å². The third-order valence-corrected chi connectivity index (χ3v) is 5.59. The van der Waals surface area contributed by atoms with Crippen LogP contribution in [-0.4, -0.2) is 67.4 Å². The number of hydrogen-bond donors (Lipinski definition) is 0. The zero-order chi connectivity index (χ0) is 15.9. The van der Waals surface area contributed by atoms with Crippen molar-refractivity contribution in [3.05, 3.63) is 30.3 Å². The average Bonchev–Trinajstić information content (AvgIpc) is 2.63. The van der Waals surface area contributed by atoms with Gasteiger partial charge in [-0.3, -0.25) is 4.79 Å². The van der Waals surface area contributed by atoms with Gasteiger partial charge in [-0.1, -0.05) is 18.2 Å². The monoisotopic (exact) mass is 334 g/mol. The molecule has 0 N–H and O–H groups in total. The van der Waals surface area contributed by atoms with Crippen molar-refractivity contribution in [1.82, 2.24) is 9.80 Å². The van der Waals surface area contributed by atoms with Gasteiger partial charge in [-0.25, -0.2) is 0 Å². The fraction of sp³-hybridized carbons (Fsp3) is 0.611. The maximum absolute atomic E-state index is 12.6. The predicted octanol–water partition coefficient (Wildman–Crippen LogP) is 2.35. The van der Waals surface area contributed by atoms with Crippen LogP contribution in [-0.2, 0) is 9.53 Å². The quantitative estimate of drug-likeness (QED) is 0.774. The average molecular weight is 334 g/mol. The normalized spacial score (nSPS) is 23.0.